The first-order chi connectivity index (χ1) is 21.3. The summed E-state index contributed by atoms with van der Waals surface area (Å²) in [5, 5.41) is 10.2. The lowest BCUT2D eigenvalue weighted by Crippen LogP contribution is -1.91. The molecule has 10 rings (SSSR count). The summed E-state index contributed by atoms with van der Waals surface area (Å²) in [6.45, 7) is 0. The van der Waals surface area contributed by atoms with E-state index in [0.717, 1.165) is 66.0 Å². The third-order valence-electron chi connectivity index (χ3n) is 8.94. The first-order valence-electron chi connectivity index (χ1n) is 14.5. The zero-order valence-corrected chi connectivity index (χ0v) is 22.9. The molecule has 10 aromatic rings. The Labute approximate surface area is 245 Å². The maximum atomic E-state index is 6.55. The molecule has 43 heavy (non-hydrogen) atoms. The predicted octanol–water partition coefficient (Wildman–Crippen LogP) is 11.9. The lowest BCUT2D eigenvalue weighted by Gasteiger charge is -2.18. The predicted molar refractivity (Wildman–Crippen MR) is 177 cm³/mol. The standard InChI is InChI=1S/C40H22O3/c1-3-12-27-25(10-1)37(30-15-8-18-34-39(30)32-22-35-23(19-20-41-35)21-36(32)42-34)26-11-2-4-13-28(26)38(27)31-16-7-14-29-24-9-5-6-17-33(24)43-40(29)31/h1-22H. The van der Waals surface area contributed by atoms with Gasteiger partial charge in [0.25, 0.3) is 0 Å². The van der Waals surface area contributed by atoms with Crippen LogP contribution in [0.4, 0.5) is 0 Å². The minimum Gasteiger partial charge on any atom is -0.464 e. The van der Waals surface area contributed by atoms with Crippen molar-refractivity contribution in [2.24, 2.45) is 0 Å². The van der Waals surface area contributed by atoms with E-state index in [2.05, 4.69) is 109 Å². The van der Waals surface area contributed by atoms with Crippen LogP contribution in [-0.2, 0) is 0 Å². The van der Waals surface area contributed by atoms with Crippen molar-refractivity contribution in [3.05, 3.63) is 134 Å². The SMILES string of the molecule is c1ccc2c(c1)oc1c(-c3c4ccccc4c(-c4cccc5oc6cc7ccoc7cc6c45)c4ccccc34)cccc12. The number of hydrogen-bond donors (Lipinski definition) is 0. The minimum atomic E-state index is 0.856. The van der Waals surface area contributed by atoms with Gasteiger partial charge in [0.05, 0.1) is 6.26 Å². The largest absolute Gasteiger partial charge is 0.464 e. The third-order valence-corrected chi connectivity index (χ3v) is 8.94. The molecule has 0 bridgehead atoms. The quantitative estimate of drug-likeness (QED) is 0.201. The maximum Gasteiger partial charge on any atom is 0.143 e. The molecule has 0 fully saturated rings. The highest BCUT2D eigenvalue weighted by molar-refractivity contribution is 6.27. The van der Waals surface area contributed by atoms with E-state index in [0.29, 0.717) is 0 Å². The van der Waals surface area contributed by atoms with Crippen LogP contribution in [0, 0.1) is 0 Å². The van der Waals surface area contributed by atoms with E-state index in [9.17, 15) is 0 Å². The number of fused-ring (bicyclic) bond motifs is 9. The van der Waals surface area contributed by atoms with Gasteiger partial charge >= 0.3 is 0 Å². The zero-order chi connectivity index (χ0) is 28.1. The summed E-state index contributed by atoms with van der Waals surface area (Å²) in [5.74, 6) is 0. The molecule has 0 aliphatic carbocycles. The number of rotatable bonds is 2. The highest BCUT2D eigenvalue weighted by atomic mass is 16.3. The number of hydrogen-bond acceptors (Lipinski definition) is 3. The summed E-state index contributed by atoms with van der Waals surface area (Å²) in [4.78, 5) is 0. The van der Waals surface area contributed by atoms with Crippen molar-refractivity contribution in [1.29, 1.82) is 0 Å². The molecule has 0 atom stereocenters. The molecule has 0 radical (unpaired) electrons. The van der Waals surface area contributed by atoms with E-state index in [4.69, 9.17) is 13.3 Å². The van der Waals surface area contributed by atoms with Crippen LogP contribution in [0.5, 0.6) is 0 Å². The molecule has 0 spiro atoms. The van der Waals surface area contributed by atoms with Crippen LogP contribution in [0.25, 0.3) is 98.6 Å². The summed E-state index contributed by atoms with van der Waals surface area (Å²) < 4.78 is 18.8. The van der Waals surface area contributed by atoms with E-state index >= 15 is 0 Å². The Morgan fingerprint density at radius 3 is 1.74 bits per heavy atom. The molecular weight excluding hydrogens is 528 g/mol. The van der Waals surface area contributed by atoms with Crippen LogP contribution in [0.2, 0.25) is 0 Å². The van der Waals surface area contributed by atoms with Crippen LogP contribution in [-0.4, -0.2) is 0 Å². The first-order valence-corrected chi connectivity index (χ1v) is 14.5. The van der Waals surface area contributed by atoms with Crippen molar-refractivity contribution in [3.8, 4) is 22.3 Å². The Morgan fingerprint density at radius 2 is 0.977 bits per heavy atom. The normalized spacial score (nSPS) is 12.2. The molecule has 0 saturated carbocycles. The molecule has 0 N–H and O–H groups in total. The van der Waals surface area contributed by atoms with Crippen molar-refractivity contribution in [2.45, 2.75) is 0 Å². The number of para-hydroxylation sites is 2. The van der Waals surface area contributed by atoms with Gasteiger partial charge in [-0.1, -0.05) is 97.1 Å². The fraction of sp³-hybridized carbons (Fsp3) is 0. The average Bonchev–Trinajstić information content (AvgIpc) is 3.77. The fourth-order valence-electron chi connectivity index (χ4n) is 7.14. The van der Waals surface area contributed by atoms with E-state index in [1.807, 2.05) is 18.2 Å². The smallest absolute Gasteiger partial charge is 0.143 e. The summed E-state index contributed by atoms with van der Waals surface area (Å²) >= 11 is 0. The van der Waals surface area contributed by atoms with Gasteiger partial charge in [-0.3, -0.25) is 0 Å². The second-order valence-electron chi connectivity index (χ2n) is 11.2. The van der Waals surface area contributed by atoms with Crippen molar-refractivity contribution in [3.63, 3.8) is 0 Å². The van der Waals surface area contributed by atoms with Gasteiger partial charge in [0, 0.05) is 38.1 Å². The van der Waals surface area contributed by atoms with Gasteiger partial charge in [-0.25, -0.2) is 0 Å². The second kappa shape index (κ2) is 8.37. The van der Waals surface area contributed by atoms with Gasteiger partial charge in [0.15, 0.2) is 0 Å². The molecule has 3 nitrogen and oxygen atoms in total. The number of benzene rings is 7. The van der Waals surface area contributed by atoms with Crippen LogP contribution in [0.3, 0.4) is 0 Å². The maximum absolute atomic E-state index is 6.55. The highest BCUT2D eigenvalue weighted by Gasteiger charge is 2.22. The van der Waals surface area contributed by atoms with E-state index < -0.39 is 0 Å². The van der Waals surface area contributed by atoms with Crippen molar-refractivity contribution < 1.29 is 13.3 Å². The van der Waals surface area contributed by atoms with Crippen molar-refractivity contribution >= 4 is 76.4 Å². The Kier molecular flexibility index (Phi) is 4.45. The zero-order valence-electron chi connectivity index (χ0n) is 22.9. The van der Waals surface area contributed by atoms with Crippen molar-refractivity contribution in [1.82, 2.24) is 0 Å². The minimum absolute atomic E-state index is 0.856. The molecule has 3 heteroatoms. The van der Waals surface area contributed by atoms with E-state index in [1.165, 1.54) is 32.7 Å². The molecule has 0 aliphatic heterocycles. The molecule has 0 saturated heterocycles. The molecule has 0 aliphatic rings. The average molecular weight is 551 g/mol. The van der Waals surface area contributed by atoms with Crippen LogP contribution >= 0.6 is 0 Å². The molecule has 3 aromatic heterocycles. The van der Waals surface area contributed by atoms with E-state index in [-0.39, 0.29) is 0 Å². The van der Waals surface area contributed by atoms with Crippen molar-refractivity contribution in [2.75, 3.05) is 0 Å². The molecule has 200 valence electrons. The van der Waals surface area contributed by atoms with Crippen LogP contribution in [0.1, 0.15) is 0 Å². The topological polar surface area (TPSA) is 39.4 Å². The summed E-state index contributed by atoms with van der Waals surface area (Å²) in [7, 11) is 0. The van der Waals surface area contributed by atoms with Gasteiger partial charge in [0.2, 0.25) is 0 Å². The Hall–Kier alpha value is -5.80. The fourth-order valence-corrected chi connectivity index (χ4v) is 7.14. The number of furan rings is 3. The summed E-state index contributed by atoms with van der Waals surface area (Å²) in [6, 6.07) is 44.8. The second-order valence-corrected chi connectivity index (χ2v) is 11.2. The molecule has 7 aromatic carbocycles. The lowest BCUT2D eigenvalue weighted by molar-refractivity contribution is 0.616. The summed E-state index contributed by atoms with van der Waals surface area (Å²) in [6.07, 6.45) is 1.73. The van der Waals surface area contributed by atoms with Crippen LogP contribution < -0.4 is 0 Å². The summed E-state index contributed by atoms with van der Waals surface area (Å²) in [5.41, 5.74) is 9.01. The molecule has 0 amide bonds. The Bertz CT molecular complexity index is 2680. The lowest BCUT2D eigenvalue weighted by atomic mass is 9.84. The van der Waals surface area contributed by atoms with Crippen LogP contribution in [0.15, 0.2) is 147 Å². The Balaban J connectivity index is 1.37. The van der Waals surface area contributed by atoms with Gasteiger partial charge in [-0.15, -0.1) is 0 Å². The Morgan fingerprint density at radius 1 is 0.372 bits per heavy atom. The third kappa shape index (κ3) is 3.08. The highest BCUT2D eigenvalue weighted by Crippen LogP contribution is 2.48. The first kappa shape index (κ1) is 22.8. The molecule has 0 unspecified atom stereocenters. The van der Waals surface area contributed by atoms with Gasteiger partial charge in [-0.2, -0.15) is 0 Å². The van der Waals surface area contributed by atoms with Gasteiger partial charge < -0.3 is 13.3 Å². The monoisotopic (exact) mass is 550 g/mol. The van der Waals surface area contributed by atoms with Gasteiger partial charge in [-0.05, 0) is 63.0 Å². The molecular formula is C40H22O3. The van der Waals surface area contributed by atoms with E-state index in [1.54, 1.807) is 6.26 Å². The van der Waals surface area contributed by atoms with Gasteiger partial charge in [0.1, 0.15) is 27.9 Å². The molecule has 3 heterocycles.